The highest BCUT2D eigenvalue weighted by Gasteiger charge is 2.03. The summed E-state index contributed by atoms with van der Waals surface area (Å²) in [4.78, 5) is 4.24. The third-order valence-corrected chi connectivity index (χ3v) is 2.61. The number of rotatable bonds is 3. The molecular formula is C11H11BrN2O. The van der Waals surface area contributed by atoms with E-state index in [-0.39, 0.29) is 0 Å². The van der Waals surface area contributed by atoms with Gasteiger partial charge in [0, 0.05) is 17.4 Å². The van der Waals surface area contributed by atoms with Crippen molar-refractivity contribution in [2.75, 3.05) is 0 Å². The standard InChI is InChI=1S/C11H11BrN2O/c12-9-3-1-8(2-4-9)5-11-14-10(6-13)7-15-11/h1-4,7H,5-6,13H2. The maximum Gasteiger partial charge on any atom is 0.198 e. The van der Waals surface area contributed by atoms with E-state index in [2.05, 4.69) is 20.9 Å². The van der Waals surface area contributed by atoms with E-state index in [9.17, 15) is 0 Å². The summed E-state index contributed by atoms with van der Waals surface area (Å²) in [6.45, 7) is 0.420. The summed E-state index contributed by atoms with van der Waals surface area (Å²) < 4.78 is 6.36. The molecule has 0 atom stereocenters. The van der Waals surface area contributed by atoms with E-state index in [0.717, 1.165) is 10.2 Å². The van der Waals surface area contributed by atoms with Gasteiger partial charge in [-0.3, -0.25) is 0 Å². The van der Waals surface area contributed by atoms with Crippen molar-refractivity contribution in [2.24, 2.45) is 5.73 Å². The summed E-state index contributed by atoms with van der Waals surface area (Å²) >= 11 is 3.39. The van der Waals surface area contributed by atoms with E-state index in [4.69, 9.17) is 10.2 Å². The molecule has 1 heterocycles. The molecule has 15 heavy (non-hydrogen) atoms. The van der Waals surface area contributed by atoms with Crippen molar-refractivity contribution in [3.8, 4) is 0 Å². The fourth-order valence-electron chi connectivity index (χ4n) is 1.30. The van der Waals surface area contributed by atoms with Gasteiger partial charge in [-0.1, -0.05) is 28.1 Å². The lowest BCUT2D eigenvalue weighted by molar-refractivity contribution is 0.506. The third-order valence-electron chi connectivity index (χ3n) is 2.08. The van der Waals surface area contributed by atoms with E-state index in [1.807, 2.05) is 24.3 Å². The Labute approximate surface area is 96.4 Å². The Bertz CT molecular complexity index is 436. The van der Waals surface area contributed by atoms with Crippen LogP contribution < -0.4 is 5.73 Å². The average molecular weight is 267 g/mol. The van der Waals surface area contributed by atoms with Gasteiger partial charge >= 0.3 is 0 Å². The van der Waals surface area contributed by atoms with Crippen LogP contribution in [0.1, 0.15) is 17.1 Å². The van der Waals surface area contributed by atoms with Gasteiger partial charge in [-0.15, -0.1) is 0 Å². The minimum atomic E-state index is 0.420. The second kappa shape index (κ2) is 4.59. The molecule has 0 aliphatic carbocycles. The van der Waals surface area contributed by atoms with Gasteiger partial charge in [0.1, 0.15) is 6.26 Å². The first-order chi connectivity index (χ1) is 7.28. The molecule has 0 aliphatic heterocycles. The molecule has 2 rings (SSSR count). The van der Waals surface area contributed by atoms with Crippen LogP contribution in [0.2, 0.25) is 0 Å². The van der Waals surface area contributed by atoms with E-state index in [1.54, 1.807) is 6.26 Å². The summed E-state index contributed by atoms with van der Waals surface area (Å²) in [6.07, 6.45) is 2.31. The number of hydrogen-bond acceptors (Lipinski definition) is 3. The first-order valence-corrected chi connectivity index (χ1v) is 5.45. The van der Waals surface area contributed by atoms with Crippen LogP contribution in [0.25, 0.3) is 0 Å². The molecule has 0 unspecified atom stereocenters. The molecule has 0 bridgehead atoms. The highest BCUT2D eigenvalue weighted by Crippen LogP contribution is 2.13. The lowest BCUT2D eigenvalue weighted by Crippen LogP contribution is -1.96. The molecule has 0 saturated heterocycles. The Hall–Kier alpha value is -1.13. The van der Waals surface area contributed by atoms with Crippen LogP contribution in [0.4, 0.5) is 0 Å². The predicted molar refractivity (Wildman–Crippen MR) is 61.3 cm³/mol. The molecule has 3 nitrogen and oxygen atoms in total. The molecular weight excluding hydrogens is 256 g/mol. The molecule has 4 heteroatoms. The molecule has 1 aromatic heterocycles. The highest BCUT2D eigenvalue weighted by molar-refractivity contribution is 9.10. The van der Waals surface area contributed by atoms with E-state index in [0.29, 0.717) is 18.9 Å². The number of hydrogen-bond donors (Lipinski definition) is 1. The average Bonchev–Trinajstić information content (AvgIpc) is 2.69. The van der Waals surface area contributed by atoms with Crippen LogP contribution in [0.3, 0.4) is 0 Å². The zero-order chi connectivity index (χ0) is 10.7. The van der Waals surface area contributed by atoms with E-state index in [1.165, 1.54) is 5.56 Å². The van der Waals surface area contributed by atoms with Crippen LogP contribution in [0.15, 0.2) is 39.4 Å². The molecule has 2 N–H and O–H groups in total. The maximum absolute atomic E-state index is 5.45. The number of nitrogens with two attached hydrogens (primary N) is 1. The van der Waals surface area contributed by atoms with Crippen molar-refractivity contribution in [1.82, 2.24) is 4.98 Å². The molecule has 0 amide bonds. The number of halogens is 1. The fraction of sp³-hybridized carbons (Fsp3) is 0.182. The minimum Gasteiger partial charge on any atom is -0.448 e. The summed E-state index contributed by atoms with van der Waals surface area (Å²) in [7, 11) is 0. The normalized spacial score (nSPS) is 10.5. The Morgan fingerprint density at radius 3 is 2.60 bits per heavy atom. The first kappa shape index (κ1) is 10.4. The summed E-state index contributed by atoms with van der Waals surface area (Å²) in [5.41, 5.74) is 7.41. The van der Waals surface area contributed by atoms with E-state index < -0.39 is 0 Å². The summed E-state index contributed by atoms with van der Waals surface area (Å²) in [6, 6.07) is 8.08. The van der Waals surface area contributed by atoms with E-state index >= 15 is 0 Å². The zero-order valence-electron chi connectivity index (χ0n) is 8.11. The predicted octanol–water partition coefficient (Wildman–Crippen LogP) is 2.49. The molecule has 2 aromatic rings. The van der Waals surface area contributed by atoms with Crippen LogP contribution >= 0.6 is 15.9 Å². The topological polar surface area (TPSA) is 52.0 Å². The lowest BCUT2D eigenvalue weighted by Gasteiger charge is -1.96. The van der Waals surface area contributed by atoms with Gasteiger partial charge in [0.2, 0.25) is 0 Å². The van der Waals surface area contributed by atoms with Crippen LogP contribution in [0.5, 0.6) is 0 Å². The van der Waals surface area contributed by atoms with Crippen molar-refractivity contribution in [1.29, 1.82) is 0 Å². The molecule has 0 spiro atoms. The number of oxazole rings is 1. The Morgan fingerprint density at radius 1 is 1.27 bits per heavy atom. The summed E-state index contributed by atoms with van der Waals surface area (Å²) in [5.74, 6) is 0.706. The van der Waals surface area contributed by atoms with Crippen molar-refractivity contribution >= 4 is 15.9 Å². The Balaban J connectivity index is 2.11. The molecule has 0 radical (unpaired) electrons. The zero-order valence-corrected chi connectivity index (χ0v) is 9.70. The maximum atomic E-state index is 5.45. The van der Waals surface area contributed by atoms with Crippen molar-refractivity contribution < 1.29 is 4.42 Å². The smallest absolute Gasteiger partial charge is 0.198 e. The molecule has 0 aliphatic rings. The van der Waals surface area contributed by atoms with Gasteiger partial charge < -0.3 is 10.2 Å². The van der Waals surface area contributed by atoms with Gasteiger partial charge in [-0.25, -0.2) is 4.98 Å². The van der Waals surface area contributed by atoms with Crippen LogP contribution in [0, 0.1) is 0 Å². The SMILES string of the molecule is NCc1coc(Cc2ccc(Br)cc2)n1. The van der Waals surface area contributed by atoms with Gasteiger partial charge in [0.25, 0.3) is 0 Å². The molecule has 78 valence electrons. The van der Waals surface area contributed by atoms with Crippen molar-refractivity contribution in [2.45, 2.75) is 13.0 Å². The summed E-state index contributed by atoms with van der Waals surface area (Å²) in [5, 5.41) is 0. The minimum absolute atomic E-state index is 0.420. The van der Waals surface area contributed by atoms with Crippen LogP contribution in [-0.2, 0) is 13.0 Å². The van der Waals surface area contributed by atoms with Gasteiger partial charge in [0.05, 0.1) is 5.69 Å². The van der Waals surface area contributed by atoms with Crippen molar-refractivity contribution in [3.63, 3.8) is 0 Å². The molecule has 0 saturated carbocycles. The number of nitrogens with zero attached hydrogens (tertiary/aromatic N) is 1. The quantitative estimate of drug-likeness (QED) is 0.929. The number of benzene rings is 1. The van der Waals surface area contributed by atoms with Gasteiger partial charge in [-0.05, 0) is 17.7 Å². The second-order valence-electron chi connectivity index (χ2n) is 3.24. The monoisotopic (exact) mass is 266 g/mol. The Kier molecular flexibility index (Phi) is 3.18. The van der Waals surface area contributed by atoms with Gasteiger partial charge in [0.15, 0.2) is 5.89 Å². The second-order valence-corrected chi connectivity index (χ2v) is 4.16. The molecule has 1 aromatic carbocycles. The molecule has 0 fully saturated rings. The fourth-order valence-corrected chi connectivity index (χ4v) is 1.57. The van der Waals surface area contributed by atoms with Crippen LogP contribution in [-0.4, -0.2) is 4.98 Å². The third kappa shape index (κ3) is 2.67. The highest BCUT2D eigenvalue weighted by atomic mass is 79.9. The Morgan fingerprint density at radius 2 is 2.00 bits per heavy atom. The van der Waals surface area contributed by atoms with Crippen molar-refractivity contribution in [3.05, 3.63) is 52.1 Å². The number of aromatic nitrogens is 1. The first-order valence-electron chi connectivity index (χ1n) is 4.65. The lowest BCUT2D eigenvalue weighted by atomic mass is 10.1. The van der Waals surface area contributed by atoms with Gasteiger partial charge in [-0.2, -0.15) is 0 Å². The largest absolute Gasteiger partial charge is 0.448 e.